The van der Waals surface area contributed by atoms with E-state index in [-0.39, 0.29) is 35.0 Å². The van der Waals surface area contributed by atoms with Gasteiger partial charge in [0, 0.05) is 29.2 Å². The van der Waals surface area contributed by atoms with E-state index in [1.54, 1.807) is 31.2 Å². The van der Waals surface area contributed by atoms with Crippen LogP contribution < -0.4 is 0 Å². The van der Waals surface area contributed by atoms with Crippen molar-refractivity contribution in [3.63, 3.8) is 0 Å². The molecule has 0 unspecified atom stereocenters. The minimum Gasteiger partial charge on any atom is -0.508 e. The molecule has 1 aromatic rings. The first-order valence-electron chi connectivity index (χ1n) is 11.2. The first kappa shape index (κ1) is 20.6. The Morgan fingerprint density at radius 2 is 1.75 bits per heavy atom. The van der Waals surface area contributed by atoms with Gasteiger partial charge in [-0.3, -0.25) is 24.1 Å². The highest BCUT2D eigenvalue weighted by Crippen LogP contribution is 2.55. The Bertz CT molecular complexity index is 1150. The van der Waals surface area contributed by atoms with E-state index in [9.17, 15) is 24.3 Å². The summed E-state index contributed by atoms with van der Waals surface area (Å²) in [5.41, 5.74) is 3.06. The summed E-state index contributed by atoms with van der Waals surface area (Å²) in [5.74, 6) is -2.19. The van der Waals surface area contributed by atoms with Gasteiger partial charge < -0.3 is 5.11 Å². The molecule has 0 radical (unpaired) electrons. The average molecular weight is 431 g/mol. The average Bonchev–Trinajstić information content (AvgIpc) is 3.02. The summed E-state index contributed by atoms with van der Waals surface area (Å²) in [5, 5.41) is 9.77. The van der Waals surface area contributed by atoms with Crippen molar-refractivity contribution in [2.45, 2.75) is 39.0 Å². The van der Waals surface area contributed by atoms with Crippen LogP contribution in [-0.2, 0) is 19.2 Å². The summed E-state index contributed by atoms with van der Waals surface area (Å²) in [6.07, 6.45) is 4.86. The highest BCUT2D eigenvalue weighted by molar-refractivity contribution is 6.23. The first-order chi connectivity index (χ1) is 15.3. The van der Waals surface area contributed by atoms with Crippen LogP contribution in [0, 0.1) is 17.8 Å². The normalized spacial score (nSPS) is 29.5. The Morgan fingerprint density at radius 3 is 2.44 bits per heavy atom. The summed E-state index contributed by atoms with van der Waals surface area (Å²) in [6.45, 7) is 3.98. The van der Waals surface area contributed by atoms with E-state index < -0.39 is 17.8 Å². The number of ketones is 2. The number of fused-ring (bicyclic) bond motifs is 3. The van der Waals surface area contributed by atoms with Gasteiger partial charge in [0.05, 0.1) is 11.8 Å². The van der Waals surface area contributed by atoms with Gasteiger partial charge in [0.2, 0.25) is 11.8 Å². The van der Waals surface area contributed by atoms with Crippen LogP contribution in [0.3, 0.4) is 0 Å². The molecule has 1 fully saturated rings. The van der Waals surface area contributed by atoms with E-state index in [0.717, 1.165) is 11.1 Å². The van der Waals surface area contributed by atoms with Crippen LogP contribution in [0.2, 0.25) is 0 Å². The van der Waals surface area contributed by atoms with Crippen molar-refractivity contribution in [1.82, 2.24) is 4.90 Å². The van der Waals surface area contributed by atoms with Gasteiger partial charge in [-0.15, -0.1) is 0 Å². The number of likely N-dealkylation sites (tertiary alicyclic amines) is 1. The molecule has 1 heterocycles. The van der Waals surface area contributed by atoms with Crippen molar-refractivity contribution in [2.75, 3.05) is 6.54 Å². The molecule has 0 saturated carbocycles. The maximum absolute atomic E-state index is 13.3. The van der Waals surface area contributed by atoms with E-state index in [1.165, 1.54) is 11.0 Å². The Morgan fingerprint density at radius 1 is 1.03 bits per heavy atom. The fraction of sp³-hybridized carbons (Fsp3) is 0.385. The molecule has 0 spiro atoms. The van der Waals surface area contributed by atoms with Crippen LogP contribution in [0.5, 0.6) is 5.75 Å². The smallest absolute Gasteiger partial charge is 0.233 e. The standard InChI is InChI=1S/C26H25NO5/c1-3-10-27-25(31)17-9-8-16-18(22(17)26(27)32)12-19-23(20(29)11-13(2)24(19)30)21(16)14-4-6-15(28)7-5-14/h4-8,11,17-18,21-22,28H,3,9-10,12H2,1-2H3/t17-,18+,21-,22-/m0/s1. The molecule has 164 valence electrons. The number of benzene rings is 1. The number of carbonyl (C=O) groups is 4. The lowest BCUT2D eigenvalue weighted by Gasteiger charge is -2.42. The second kappa shape index (κ2) is 7.40. The number of hydrogen-bond acceptors (Lipinski definition) is 5. The predicted octanol–water partition coefficient (Wildman–Crippen LogP) is 3.23. The van der Waals surface area contributed by atoms with Crippen molar-refractivity contribution < 1.29 is 24.3 Å². The van der Waals surface area contributed by atoms with Gasteiger partial charge >= 0.3 is 0 Å². The number of rotatable bonds is 3. The Hall–Kier alpha value is -3.28. The number of Topliss-reactive ketones (excluding diaryl/α,β-unsaturated/α-hetero) is 1. The zero-order valence-corrected chi connectivity index (χ0v) is 18.1. The summed E-state index contributed by atoms with van der Waals surface area (Å²) < 4.78 is 0. The molecule has 0 aromatic heterocycles. The molecule has 1 saturated heterocycles. The second-order valence-electron chi connectivity index (χ2n) is 9.15. The number of allylic oxidation sites excluding steroid dienone is 6. The van der Waals surface area contributed by atoms with Gasteiger partial charge in [-0.1, -0.05) is 30.7 Å². The number of nitrogens with zero attached hydrogens (tertiary/aromatic N) is 1. The molecular weight excluding hydrogens is 406 g/mol. The van der Waals surface area contributed by atoms with Gasteiger partial charge in [0.1, 0.15) is 5.75 Å². The molecule has 4 atom stereocenters. The molecule has 2 amide bonds. The molecule has 1 N–H and O–H groups in total. The lowest BCUT2D eigenvalue weighted by molar-refractivity contribution is -0.140. The van der Waals surface area contributed by atoms with Gasteiger partial charge in [0.25, 0.3) is 0 Å². The van der Waals surface area contributed by atoms with Crippen LogP contribution in [-0.4, -0.2) is 39.9 Å². The number of phenols is 1. The number of amides is 2. The van der Waals surface area contributed by atoms with Crippen LogP contribution >= 0.6 is 0 Å². The lowest BCUT2D eigenvalue weighted by Crippen LogP contribution is -2.39. The Labute approximate surface area is 186 Å². The summed E-state index contributed by atoms with van der Waals surface area (Å²) in [7, 11) is 0. The summed E-state index contributed by atoms with van der Waals surface area (Å²) >= 11 is 0. The number of carbonyl (C=O) groups excluding carboxylic acids is 4. The highest BCUT2D eigenvalue weighted by atomic mass is 16.3. The van der Waals surface area contributed by atoms with E-state index in [1.807, 2.05) is 13.0 Å². The summed E-state index contributed by atoms with van der Waals surface area (Å²) in [4.78, 5) is 53.9. The van der Waals surface area contributed by atoms with E-state index in [4.69, 9.17) is 0 Å². The molecule has 4 aliphatic rings. The van der Waals surface area contributed by atoms with Gasteiger partial charge in [0.15, 0.2) is 11.6 Å². The van der Waals surface area contributed by atoms with E-state index >= 15 is 0 Å². The topological polar surface area (TPSA) is 91.8 Å². The van der Waals surface area contributed by atoms with E-state index in [2.05, 4.69) is 0 Å². The molecule has 32 heavy (non-hydrogen) atoms. The summed E-state index contributed by atoms with van der Waals surface area (Å²) in [6, 6.07) is 6.64. The third-order valence-electron chi connectivity index (χ3n) is 7.33. The zero-order chi connectivity index (χ0) is 22.7. The number of hydrogen-bond donors (Lipinski definition) is 1. The second-order valence-corrected chi connectivity index (χ2v) is 9.15. The van der Waals surface area contributed by atoms with Gasteiger partial charge in [-0.25, -0.2) is 0 Å². The quantitative estimate of drug-likeness (QED) is 0.451. The lowest BCUT2D eigenvalue weighted by atomic mass is 9.59. The monoisotopic (exact) mass is 431 g/mol. The van der Waals surface area contributed by atoms with Crippen LogP contribution in [0.25, 0.3) is 0 Å². The minimum atomic E-state index is -0.503. The van der Waals surface area contributed by atoms with Crippen molar-refractivity contribution >= 4 is 23.4 Å². The Kier molecular flexibility index (Phi) is 4.77. The van der Waals surface area contributed by atoms with Crippen LogP contribution in [0.4, 0.5) is 0 Å². The van der Waals surface area contributed by atoms with E-state index in [0.29, 0.717) is 42.5 Å². The molecule has 0 bridgehead atoms. The van der Waals surface area contributed by atoms with Crippen LogP contribution in [0.1, 0.15) is 44.6 Å². The fourth-order valence-electron chi connectivity index (χ4n) is 5.94. The fourth-order valence-corrected chi connectivity index (χ4v) is 5.94. The van der Waals surface area contributed by atoms with Crippen LogP contribution in [0.15, 0.2) is 58.7 Å². The third kappa shape index (κ3) is 2.85. The molecule has 3 aliphatic carbocycles. The maximum atomic E-state index is 13.3. The Balaban J connectivity index is 1.66. The zero-order valence-electron chi connectivity index (χ0n) is 18.1. The number of phenolic OH excluding ortho intramolecular Hbond substituents is 1. The maximum Gasteiger partial charge on any atom is 0.233 e. The van der Waals surface area contributed by atoms with Crippen molar-refractivity contribution in [2.24, 2.45) is 17.8 Å². The predicted molar refractivity (Wildman–Crippen MR) is 116 cm³/mol. The van der Waals surface area contributed by atoms with Gasteiger partial charge in [-0.2, -0.15) is 0 Å². The van der Waals surface area contributed by atoms with Crippen molar-refractivity contribution in [3.8, 4) is 5.75 Å². The highest BCUT2D eigenvalue weighted by Gasteiger charge is 2.55. The van der Waals surface area contributed by atoms with Crippen molar-refractivity contribution in [3.05, 3.63) is 64.3 Å². The molecule has 6 heteroatoms. The van der Waals surface area contributed by atoms with Gasteiger partial charge in [-0.05, 0) is 55.9 Å². The first-order valence-corrected chi connectivity index (χ1v) is 11.2. The SMILES string of the molecule is CCCN1C(=O)[C@H]2[C@H](CC=C3[C@H](c4ccc(O)cc4)C4=C(C[C@H]32)C(=O)C(C)=CC4=O)C1=O. The molecule has 1 aliphatic heterocycles. The largest absolute Gasteiger partial charge is 0.508 e. The molecule has 5 rings (SSSR count). The minimum absolute atomic E-state index is 0.113. The number of imide groups is 1. The number of aromatic hydroxyl groups is 1. The molecule has 6 nitrogen and oxygen atoms in total. The third-order valence-corrected chi connectivity index (χ3v) is 7.33. The molecule has 1 aromatic carbocycles. The van der Waals surface area contributed by atoms with Crippen molar-refractivity contribution in [1.29, 1.82) is 0 Å². The molecular formula is C26H25NO5.